The molecule has 1 saturated heterocycles. The van der Waals surface area contributed by atoms with Gasteiger partial charge in [0.2, 0.25) is 0 Å². The third-order valence-corrected chi connectivity index (χ3v) is 5.13. The molecule has 3 heteroatoms. The Bertz CT molecular complexity index is 556. The van der Waals surface area contributed by atoms with Gasteiger partial charge in [0.25, 0.3) is 0 Å². The Morgan fingerprint density at radius 1 is 0.773 bits per heavy atom. The van der Waals surface area contributed by atoms with E-state index in [1.165, 1.54) is 11.1 Å². The fourth-order valence-corrected chi connectivity index (χ4v) is 3.81. The summed E-state index contributed by atoms with van der Waals surface area (Å²) in [4.78, 5) is 0. The van der Waals surface area contributed by atoms with Crippen LogP contribution in [0.15, 0.2) is 60.7 Å². The molecule has 3 N–H and O–H groups in total. The van der Waals surface area contributed by atoms with Crippen molar-refractivity contribution in [3.8, 4) is 0 Å². The van der Waals surface area contributed by atoms with E-state index >= 15 is 0 Å². The second-order valence-electron chi connectivity index (χ2n) is 6.42. The summed E-state index contributed by atoms with van der Waals surface area (Å²) in [5.41, 5.74) is 2.80. The third kappa shape index (κ3) is 2.56. The van der Waals surface area contributed by atoms with E-state index in [0.717, 1.165) is 26.2 Å². The van der Waals surface area contributed by atoms with Crippen LogP contribution in [-0.4, -0.2) is 18.8 Å². The van der Waals surface area contributed by atoms with Gasteiger partial charge in [-0.2, -0.15) is 0 Å². The number of benzene rings is 2. The van der Waals surface area contributed by atoms with E-state index in [2.05, 4.69) is 76.6 Å². The fourth-order valence-electron chi connectivity index (χ4n) is 3.81. The number of hydrogen-bond donors (Lipinski definition) is 3. The van der Waals surface area contributed by atoms with Crippen LogP contribution in [0.5, 0.6) is 0 Å². The van der Waals surface area contributed by atoms with Crippen LogP contribution in [0.3, 0.4) is 0 Å². The van der Waals surface area contributed by atoms with Gasteiger partial charge in [0.15, 0.2) is 0 Å². The van der Waals surface area contributed by atoms with Gasteiger partial charge in [-0.1, -0.05) is 60.7 Å². The molecule has 0 aromatic heterocycles. The molecule has 3 nitrogen and oxygen atoms in total. The van der Waals surface area contributed by atoms with Crippen LogP contribution in [0.1, 0.15) is 11.1 Å². The van der Waals surface area contributed by atoms with E-state index < -0.39 is 0 Å². The van der Waals surface area contributed by atoms with Crippen LogP contribution < -0.4 is 16.0 Å². The van der Waals surface area contributed by atoms with E-state index in [1.807, 2.05) is 0 Å². The summed E-state index contributed by atoms with van der Waals surface area (Å²) in [6.45, 7) is 4.09. The normalized spacial score (nSPS) is 24.9. The van der Waals surface area contributed by atoms with Gasteiger partial charge >= 0.3 is 0 Å². The maximum Gasteiger partial charge on any atom is 0.0783 e. The molecule has 1 aliphatic carbocycles. The van der Waals surface area contributed by atoms with Crippen LogP contribution in [0.4, 0.5) is 0 Å². The molecule has 2 aliphatic rings. The summed E-state index contributed by atoms with van der Waals surface area (Å²) in [7, 11) is 0. The standard InChI is InChI=1S/C19H23N3/c1-3-7-15(8-4-1)11-21-19(17-13-20-14-18(17)19)22-12-16-9-5-2-6-10-16/h1-10,17-18,20-22H,11-14H2/t17-,18+. The van der Waals surface area contributed by atoms with Crippen LogP contribution >= 0.6 is 0 Å². The maximum atomic E-state index is 3.81. The van der Waals surface area contributed by atoms with Crippen LogP contribution in [0.25, 0.3) is 0 Å². The molecule has 0 amide bonds. The lowest BCUT2D eigenvalue weighted by Crippen LogP contribution is -2.50. The highest BCUT2D eigenvalue weighted by Gasteiger charge is 2.65. The van der Waals surface area contributed by atoms with E-state index in [-0.39, 0.29) is 5.66 Å². The Kier molecular flexibility index (Phi) is 3.70. The number of nitrogens with one attached hydrogen (secondary N) is 3. The average Bonchev–Trinajstić information content (AvgIpc) is 2.93. The third-order valence-electron chi connectivity index (χ3n) is 5.13. The van der Waals surface area contributed by atoms with Gasteiger partial charge < -0.3 is 5.32 Å². The van der Waals surface area contributed by atoms with Crippen molar-refractivity contribution in [2.24, 2.45) is 11.8 Å². The molecule has 2 fully saturated rings. The van der Waals surface area contributed by atoms with Gasteiger partial charge in [-0.05, 0) is 11.1 Å². The second kappa shape index (κ2) is 5.84. The zero-order chi connectivity index (χ0) is 14.8. The minimum Gasteiger partial charge on any atom is -0.316 e. The van der Waals surface area contributed by atoms with E-state index in [4.69, 9.17) is 0 Å². The second-order valence-corrected chi connectivity index (χ2v) is 6.42. The molecule has 1 aliphatic heterocycles. The molecular weight excluding hydrogens is 270 g/mol. The fraction of sp³-hybridized carbons (Fsp3) is 0.368. The molecule has 2 aromatic rings. The molecule has 1 saturated carbocycles. The summed E-state index contributed by atoms with van der Waals surface area (Å²) in [5, 5.41) is 11.1. The van der Waals surface area contributed by atoms with Crippen LogP contribution in [0.2, 0.25) is 0 Å². The minimum atomic E-state index is 0.108. The Balaban J connectivity index is 1.42. The van der Waals surface area contributed by atoms with Gasteiger partial charge in [-0.15, -0.1) is 0 Å². The lowest BCUT2D eigenvalue weighted by molar-refractivity contribution is 0.329. The lowest BCUT2D eigenvalue weighted by Gasteiger charge is -2.25. The van der Waals surface area contributed by atoms with Gasteiger partial charge in [-0.3, -0.25) is 10.6 Å². The van der Waals surface area contributed by atoms with Crippen molar-refractivity contribution in [3.63, 3.8) is 0 Å². The Morgan fingerprint density at radius 2 is 1.23 bits per heavy atom. The van der Waals surface area contributed by atoms with Crippen molar-refractivity contribution in [1.29, 1.82) is 0 Å². The predicted molar refractivity (Wildman–Crippen MR) is 89.1 cm³/mol. The Hall–Kier alpha value is -1.68. The molecular formula is C19H23N3. The van der Waals surface area contributed by atoms with Crippen molar-refractivity contribution in [2.45, 2.75) is 18.8 Å². The first-order valence-electron chi connectivity index (χ1n) is 8.17. The molecule has 0 bridgehead atoms. The first kappa shape index (κ1) is 13.9. The van der Waals surface area contributed by atoms with Crippen molar-refractivity contribution >= 4 is 0 Å². The summed E-state index contributed by atoms with van der Waals surface area (Å²) >= 11 is 0. The molecule has 22 heavy (non-hydrogen) atoms. The molecule has 0 radical (unpaired) electrons. The monoisotopic (exact) mass is 293 g/mol. The number of hydrogen-bond acceptors (Lipinski definition) is 3. The lowest BCUT2D eigenvalue weighted by atomic mass is 10.2. The quantitative estimate of drug-likeness (QED) is 0.714. The number of fused-ring (bicyclic) bond motifs is 1. The first-order chi connectivity index (χ1) is 10.9. The Labute approximate surface area is 132 Å². The SMILES string of the molecule is c1ccc(CNC2(NCc3ccccc3)[C@@H]3CNC[C@@H]32)cc1. The highest BCUT2D eigenvalue weighted by molar-refractivity contribution is 5.24. The number of rotatable bonds is 6. The van der Waals surface area contributed by atoms with E-state index in [9.17, 15) is 0 Å². The summed E-state index contributed by atoms with van der Waals surface area (Å²) < 4.78 is 0. The molecule has 2 atom stereocenters. The molecule has 0 unspecified atom stereocenters. The molecule has 1 heterocycles. The zero-order valence-electron chi connectivity index (χ0n) is 12.8. The van der Waals surface area contributed by atoms with Crippen molar-refractivity contribution in [1.82, 2.24) is 16.0 Å². The van der Waals surface area contributed by atoms with Crippen molar-refractivity contribution in [2.75, 3.05) is 13.1 Å². The van der Waals surface area contributed by atoms with E-state index in [0.29, 0.717) is 11.8 Å². The van der Waals surface area contributed by atoms with Gasteiger partial charge in [-0.25, -0.2) is 0 Å². The van der Waals surface area contributed by atoms with Gasteiger partial charge in [0.05, 0.1) is 5.66 Å². The van der Waals surface area contributed by atoms with Crippen molar-refractivity contribution < 1.29 is 0 Å². The van der Waals surface area contributed by atoms with Crippen LogP contribution in [-0.2, 0) is 13.1 Å². The summed E-state index contributed by atoms with van der Waals surface area (Å²) in [6.07, 6.45) is 0. The molecule has 2 aromatic carbocycles. The summed E-state index contributed by atoms with van der Waals surface area (Å²) in [6, 6.07) is 21.3. The number of piperidine rings is 1. The predicted octanol–water partition coefficient (Wildman–Crippen LogP) is 2.11. The van der Waals surface area contributed by atoms with E-state index in [1.54, 1.807) is 0 Å². The minimum absolute atomic E-state index is 0.108. The topological polar surface area (TPSA) is 36.1 Å². The molecule has 114 valence electrons. The molecule has 0 spiro atoms. The summed E-state index contributed by atoms with van der Waals surface area (Å²) in [5.74, 6) is 1.42. The van der Waals surface area contributed by atoms with Crippen molar-refractivity contribution in [3.05, 3.63) is 71.8 Å². The highest BCUT2D eigenvalue weighted by atomic mass is 15.3. The Morgan fingerprint density at radius 3 is 1.68 bits per heavy atom. The highest BCUT2D eigenvalue weighted by Crippen LogP contribution is 2.50. The van der Waals surface area contributed by atoms with Gasteiger partial charge in [0.1, 0.15) is 0 Å². The largest absolute Gasteiger partial charge is 0.316 e. The van der Waals surface area contributed by atoms with Crippen LogP contribution in [0, 0.1) is 11.8 Å². The zero-order valence-corrected chi connectivity index (χ0v) is 12.8. The first-order valence-corrected chi connectivity index (χ1v) is 8.17. The van der Waals surface area contributed by atoms with Gasteiger partial charge in [0, 0.05) is 38.0 Å². The smallest absolute Gasteiger partial charge is 0.0783 e. The average molecular weight is 293 g/mol. The molecule has 4 rings (SSSR count). The maximum absolute atomic E-state index is 3.81.